The highest BCUT2D eigenvalue weighted by molar-refractivity contribution is 7.89. The van der Waals surface area contributed by atoms with Gasteiger partial charge in [-0.25, -0.2) is 13.1 Å². The second kappa shape index (κ2) is 7.66. The van der Waals surface area contributed by atoms with Crippen LogP contribution in [0.25, 0.3) is 32.1 Å². The Bertz CT molecular complexity index is 1390. The largest absolute Gasteiger partial charge is 0.507 e. The van der Waals surface area contributed by atoms with Crippen molar-refractivity contribution in [2.75, 3.05) is 12.3 Å². The van der Waals surface area contributed by atoms with E-state index in [9.17, 15) is 18.3 Å². The zero-order chi connectivity index (χ0) is 20.8. The molecule has 0 spiro atoms. The van der Waals surface area contributed by atoms with E-state index in [1.54, 1.807) is 23.6 Å². The molecule has 0 amide bonds. The average Bonchev–Trinajstić information content (AvgIpc) is 3.18. The van der Waals surface area contributed by atoms with Crippen molar-refractivity contribution in [2.45, 2.75) is 4.90 Å². The highest BCUT2D eigenvalue weighted by atomic mass is 35.5. The SMILES string of the molecule is O=c1[nH]c2c(Cl)cc(O)c(-c3ccc(S(=O)(=O)NCCS)cc3)c2c2ccsc12. The molecule has 10 heteroatoms. The molecule has 150 valence electrons. The van der Waals surface area contributed by atoms with Crippen LogP contribution >= 0.6 is 35.6 Å². The van der Waals surface area contributed by atoms with Crippen molar-refractivity contribution in [3.05, 3.63) is 57.2 Å². The van der Waals surface area contributed by atoms with Gasteiger partial charge in [0.15, 0.2) is 0 Å². The van der Waals surface area contributed by atoms with Crippen LogP contribution in [-0.4, -0.2) is 30.8 Å². The number of benzene rings is 2. The molecule has 0 aliphatic carbocycles. The van der Waals surface area contributed by atoms with E-state index in [1.165, 1.54) is 29.5 Å². The van der Waals surface area contributed by atoms with E-state index in [2.05, 4.69) is 22.3 Å². The number of phenols is 1. The number of aromatic nitrogens is 1. The van der Waals surface area contributed by atoms with Gasteiger partial charge in [-0.1, -0.05) is 23.7 Å². The Morgan fingerprint density at radius 2 is 1.93 bits per heavy atom. The molecule has 4 aromatic rings. The van der Waals surface area contributed by atoms with Crippen LogP contribution in [0, 0.1) is 0 Å². The molecular weight excluding hydrogens is 452 g/mol. The van der Waals surface area contributed by atoms with Gasteiger partial charge in [0.05, 0.1) is 15.4 Å². The van der Waals surface area contributed by atoms with Crippen molar-refractivity contribution >= 4 is 66.6 Å². The lowest BCUT2D eigenvalue weighted by Gasteiger charge is -2.13. The van der Waals surface area contributed by atoms with Gasteiger partial charge < -0.3 is 10.1 Å². The lowest BCUT2D eigenvalue weighted by molar-refractivity contribution is 0.478. The van der Waals surface area contributed by atoms with Gasteiger partial charge in [0, 0.05) is 34.7 Å². The molecule has 4 rings (SSSR count). The summed E-state index contributed by atoms with van der Waals surface area (Å²) in [5.41, 5.74) is 1.23. The summed E-state index contributed by atoms with van der Waals surface area (Å²) >= 11 is 11.6. The molecule has 0 unspecified atom stereocenters. The van der Waals surface area contributed by atoms with Crippen molar-refractivity contribution in [1.29, 1.82) is 0 Å². The van der Waals surface area contributed by atoms with Crippen LogP contribution in [0.15, 0.2) is 51.5 Å². The number of nitrogens with one attached hydrogen (secondary N) is 2. The number of phenolic OH excluding ortho intramolecular Hbond substituents is 1. The Labute approximate surface area is 180 Å². The Balaban J connectivity index is 1.95. The first-order valence-electron chi connectivity index (χ1n) is 8.49. The summed E-state index contributed by atoms with van der Waals surface area (Å²) in [6.45, 7) is 0.222. The Kier molecular flexibility index (Phi) is 5.34. The van der Waals surface area contributed by atoms with Crippen molar-refractivity contribution in [3.63, 3.8) is 0 Å². The van der Waals surface area contributed by atoms with Crippen molar-refractivity contribution < 1.29 is 13.5 Å². The minimum atomic E-state index is -3.64. The van der Waals surface area contributed by atoms with E-state index >= 15 is 0 Å². The van der Waals surface area contributed by atoms with Crippen LogP contribution in [0.4, 0.5) is 0 Å². The molecule has 2 heterocycles. The zero-order valence-electron chi connectivity index (χ0n) is 14.8. The number of aromatic hydroxyl groups is 1. The average molecular weight is 467 g/mol. The zero-order valence-corrected chi connectivity index (χ0v) is 18.1. The molecule has 0 aliphatic rings. The normalized spacial score (nSPS) is 12.1. The van der Waals surface area contributed by atoms with Gasteiger partial charge in [-0.15, -0.1) is 11.3 Å². The second-order valence-corrected chi connectivity index (χ2v) is 9.80. The molecule has 0 bridgehead atoms. The predicted molar refractivity (Wildman–Crippen MR) is 121 cm³/mol. The minimum absolute atomic E-state index is 0.0640. The number of thiol groups is 1. The van der Waals surface area contributed by atoms with Crippen molar-refractivity contribution in [3.8, 4) is 16.9 Å². The third-order valence-electron chi connectivity index (χ3n) is 4.49. The summed E-state index contributed by atoms with van der Waals surface area (Å²) in [7, 11) is -3.64. The first-order chi connectivity index (χ1) is 13.8. The van der Waals surface area contributed by atoms with E-state index in [0.717, 1.165) is 0 Å². The minimum Gasteiger partial charge on any atom is -0.507 e. The number of pyridine rings is 1. The molecule has 0 radical (unpaired) electrons. The van der Waals surface area contributed by atoms with Crippen LogP contribution in [0.2, 0.25) is 5.02 Å². The quantitative estimate of drug-likeness (QED) is 0.334. The Morgan fingerprint density at radius 1 is 1.21 bits per heavy atom. The topological polar surface area (TPSA) is 99.3 Å². The summed E-state index contributed by atoms with van der Waals surface area (Å²) in [5, 5.41) is 13.9. The molecular formula is C19H15ClN2O4S3. The molecule has 3 N–H and O–H groups in total. The van der Waals surface area contributed by atoms with Gasteiger partial charge in [0.25, 0.3) is 5.56 Å². The Hall–Kier alpha value is -2.04. The molecule has 2 aromatic carbocycles. The summed E-state index contributed by atoms with van der Waals surface area (Å²) < 4.78 is 27.6. The number of halogens is 1. The number of fused-ring (bicyclic) bond motifs is 3. The van der Waals surface area contributed by atoms with Gasteiger partial charge in [0.1, 0.15) is 10.4 Å². The van der Waals surface area contributed by atoms with Gasteiger partial charge in [-0.3, -0.25) is 4.79 Å². The van der Waals surface area contributed by atoms with E-state index in [0.29, 0.717) is 37.9 Å². The monoisotopic (exact) mass is 466 g/mol. The first kappa shape index (κ1) is 20.2. The van der Waals surface area contributed by atoms with E-state index in [-0.39, 0.29) is 27.8 Å². The van der Waals surface area contributed by atoms with E-state index in [1.807, 2.05) is 0 Å². The molecule has 29 heavy (non-hydrogen) atoms. The fourth-order valence-electron chi connectivity index (χ4n) is 3.24. The van der Waals surface area contributed by atoms with Crippen LogP contribution in [0.3, 0.4) is 0 Å². The molecule has 0 aliphatic heterocycles. The lowest BCUT2D eigenvalue weighted by atomic mass is 9.97. The molecule has 2 aromatic heterocycles. The Morgan fingerprint density at radius 3 is 2.62 bits per heavy atom. The number of rotatable bonds is 5. The second-order valence-electron chi connectivity index (χ2n) is 6.27. The van der Waals surface area contributed by atoms with Crippen LogP contribution in [-0.2, 0) is 10.0 Å². The summed E-state index contributed by atoms with van der Waals surface area (Å²) in [6.07, 6.45) is 0. The van der Waals surface area contributed by atoms with E-state index in [4.69, 9.17) is 11.6 Å². The number of hydrogen-bond acceptors (Lipinski definition) is 6. The molecule has 0 saturated heterocycles. The van der Waals surface area contributed by atoms with Crippen LogP contribution in [0.1, 0.15) is 0 Å². The molecule has 0 saturated carbocycles. The number of hydrogen-bond donors (Lipinski definition) is 4. The summed E-state index contributed by atoms with van der Waals surface area (Å²) in [5.74, 6) is 0.322. The van der Waals surface area contributed by atoms with Gasteiger partial charge in [0.2, 0.25) is 10.0 Å². The van der Waals surface area contributed by atoms with Gasteiger partial charge in [-0.2, -0.15) is 12.6 Å². The van der Waals surface area contributed by atoms with E-state index < -0.39 is 10.0 Å². The number of aromatic amines is 1. The first-order valence-corrected chi connectivity index (χ1v) is 11.9. The molecule has 0 fully saturated rings. The van der Waals surface area contributed by atoms with Crippen LogP contribution in [0.5, 0.6) is 5.75 Å². The molecule has 0 atom stereocenters. The number of sulfonamides is 1. The van der Waals surface area contributed by atoms with Crippen LogP contribution < -0.4 is 10.3 Å². The van der Waals surface area contributed by atoms with Gasteiger partial charge in [-0.05, 0) is 29.1 Å². The lowest BCUT2D eigenvalue weighted by Crippen LogP contribution is -2.25. The third-order valence-corrected chi connectivity index (χ3v) is 7.41. The highest BCUT2D eigenvalue weighted by Gasteiger charge is 2.19. The molecule has 6 nitrogen and oxygen atoms in total. The maximum atomic E-state index is 12.3. The number of thiophene rings is 1. The van der Waals surface area contributed by atoms with Gasteiger partial charge >= 0.3 is 0 Å². The maximum Gasteiger partial charge on any atom is 0.266 e. The van der Waals surface area contributed by atoms with Crippen molar-refractivity contribution in [1.82, 2.24) is 9.71 Å². The smallest absolute Gasteiger partial charge is 0.266 e. The highest BCUT2D eigenvalue weighted by Crippen LogP contribution is 2.42. The summed E-state index contributed by atoms with van der Waals surface area (Å²) in [4.78, 5) is 15.2. The third kappa shape index (κ3) is 3.53. The summed E-state index contributed by atoms with van der Waals surface area (Å²) in [6, 6.07) is 9.32. The number of H-pyrrole nitrogens is 1. The van der Waals surface area contributed by atoms with Crippen molar-refractivity contribution in [2.24, 2.45) is 0 Å². The fraction of sp³-hybridized carbons (Fsp3) is 0.105. The predicted octanol–water partition coefficient (Wildman–Crippen LogP) is 3.98. The standard InChI is InChI=1S/C19H15ClN2O4S3/c20-13-9-14(23)15(16-12-5-8-28-18(12)19(24)22-17(13)16)10-1-3-11(4-2-10)29(25,26)21-6-7-27/h1-5,8-9,21,23,27H,6-7H2,(H,22,24). The maximum absolute atomic E-state index is 12.3. The fourth-order valence-corrected chi connectivity index (χ4v) is 5.57.